The summed E-state index contributed by atoms with van der Waals surface area (Å²) in [7, 11) is 0. The van der Waals surface area contributed by atoms with Crippen molar-refractivity contribution in [1.29, 1.82) is 0 Å². The monoisotopic (exact) mass is 173 g/mol. The maximum atomic E-state index is 3.77. The molecule has 1 rings (SSSR count). The highest BCUT2D eigenvalue weighted by Crippen LogP contribution is 2.09. The van der Waals surface area contributed by atoms with Crippen molar-refractivity contribution >= 4 is 5.69 Å². The summed E-state index contributed by atoms with van der Waals surface area (Å²) < 4.78 is 0. The molecule has 1 nitrogen and oxygen atoms in total. The van der Waals surface area contributed by atoms with Crippen LogP contribution in [0.2, 0.25) is 0 Å². The number of anilines is 1. The Morgan fingerprint density at radius 1 is 1.23 bits per heavy atom. The van der Waals surface area contributed by atoms with Crippen LogP contribution in [0.25, 0.3) is 0 Å². The lowest BCUT2D eigenvalue weighted by atomic mass is 10.2. The first kappa shape index (κ1) is 9.59. The Labute approximate surface area is 79.8 Å². The topological polar surface area (TPSA) is 12.0 Å². The van der Waals surface area contributed by atoms with Crippen molar-refractivity contribution in [2.45, 2.75) is 12.5 Å². The summed E-state index contributed by atoms with van der Waals surface area (Å²) in [5.74, 6) is 0. The number of nitrogens with one attached hydrogen (secondary N) is 1. The molecular weight excluding hydrogens is 158 g/mol. The van der Waals surface area contributed by atoms with E-state index in [0.29, 0.717) is 0 Å². The Balaban J connectivity index is 2.56. The van der Waals surface area contributed by atoms with E-state index in [9.17, 15) is 0 Å². The van der Waals surface area contributed by atoms with E-state index < -0.39 is 0 Å². The highest BCUT2D eigenvalue weighted by molar-refractivity contribution is 5.44. The van der Waals surface area contributed by atoms with E-state index in [-0.39, 0.29) is 6.04 Å². The molecular formula is C12H15N. The molecule has 1 aromatic rings. The van der Waals surface area contributed by atoms with E-state index in [0.717, 1.165) is 12.1 Å². The van der Waals surface area contributed by atoms with E-state index in [4.69, 9.17) is 0 Å². The molecule has 1 N–H and O–H groups in total. The zero-order valence-corrected chi connectivity index (χ0v) is 7.74. The summed E-state index contributed by atoms with van der Waals surface area (Å²) in [6, 6.07) is 10.4. The maximum absolute atomic E-state index is 3.77. The van der Waals surface area contributed by atoms with Crippen LogP contribution < -0.4 is 5.32 Å². The molecule has 1 atom stereocenters. The average molecular weight is 173 g/mol. The van der Waals surface area contributed by atoms with Crippen molar-refractivity contribution in [1.82, 2.24) is 0 Å². The first-order valence-corrected chi connectivity index (χ1v) is 4.42. The van der Waals surface area contributed by atoms with E-state index in [1.807, 2.05) is 42.5 Å². The molecule has 0 saturated heterocycles. The van der Waals surface area contributed by atoms with Crippen molar-refractivity contribution in [3.05, 3.63) is 55.6 Å². The second-order valence-corrected chi connectivity index (χ2v) is 2.88. The van der Waals surface area contributed by atoms with Gasteiger partial charge in [0.25, 0.3) is 0 Å². The fourth-order valence-electron chi connectivity index (χ4n) is 1.14. The van der Waals surface area contributed by atoms with Gasteiger partial charge >= 0.3 is 0 Å². The fourth-order valence-corrected chi connectivity index (χ4v) is 1.14. The van der Waals surface area contributed by atoms with E-state index in [1.54, 1.807) is 0 Å². The van der Waals surface area contributed by atoms with Crippen LogP contribution in [0.4, 0.5) is 5.69 Å². The molecule has 0 aliphatic carbocycles. The SMILES string of the molecule is C=CCC(C=C)Nc1ccccc1. The molecule has 0 bridgehead atoms. The molecule has 68 valence electrons. The van der Waals surface area contributed by atoms with Gasteiger partial charge in [0.15, 0.2) is 0 Å². The van der Waals surface area contributed by atoms with Gasteiger partial charge in [-0.1, -0.05) is 30.4 Å². The first-order chi connectivity index (χ1) is 6.36. The van der Waals surface area contributed by atoms with Gasteiger partial charge < -0.3 is 5.32 Å². The molecule has 0 amide bonds. The molecule has 0 aromatic heterocycles. The lowest BCUT2D eigenvalue weighted by Crippen LogP contribution is -2.14. The van der Waals surface area contributed by atoms with Crippen molar-refractivity contribution < 1.29 is 0 Å². The third-order valence-electron chi connectivity index (χ3n) is 1.83. The lowest BCUT2D eigenvalue weighted by Gasteiger charge is -2.13. The molecule has 1 aromatic carbocycles. The standard InChI is InChI=1S/C12H15N/c1-3-8-11(4-2)13-12-9-6-5-7-10-12/h3-7,9-11,13H,1-2,8H2. The van der Waals surface area contributed by atoms with Gasteiger partial charge in [0.1, 0.15) is 0 Å². The van der Waals surface area contributed by atoms with Gasteiger partial charge in [0.2, 0.25) is 0 Å². The van der Waals surface area contributed by atoms with Crippen LogP contribution in [0, 0.1) is 0 Å². The molecule has 0 spiro atoms. The van der Waals surface area contributed by atoms with Gasteiger partial charge in [-0.15, -0.1) is 13.2 Å². The van der Waals surface area contributed by atoms with Crippen molar-refractivity contribution in [3.63, 3.8) is 0 Å². The Kier molecular flexibility index (Phi) is 3.83. The molecule has 0 aliphatic heterocycles. The second-order valence-electron chi connectivity index (χ2n) is 2.88. The number of hydrogen-bond donors (Lipinski definition) is 1. The van der Waals surface area contributed by atoms with Crippen LogP contribution in [-0.4, -0.2) is 6.04 Å². The minimum atomic E-state index is 0.278. The Morgan fingerprint density at radius 3 is 2.46 bits per heavy atom. The highest BCUT2D eigenvalue weighted by atomic mass is 14.9. The Hall–Kier alpha value is -1.50. The van der Waals surface area contributed by atoms with Gasteiger partial charge in [-0.25, -0.2) is 0 Å². The van der Waals surface area contributed by atoms with E-state index in [1.165, 1.54) is 0 Å². The van der Waals surface area contributed by atoms with Crippen molar-refractivity contribution in [3.8, 4) is 0 Å². The number of benzene rings is 1. The number of hydrogen-bond acceptors (Lipinski definition) is 1. The normalized spacial score (nSPS) is 11.7. The molecule has 0 aliphatic rings. The largest absolute Gasteiger partial charge is 0.379 e. The van der Waals surface area contributed by atoms with Crippen LogP contribution in [0.1, 0.15) is 6.42 Å². The molecule has 0 fully saturated rings. The van der Waals surface area contributed by atoms with Gasteiger partial charge in [0.05, 0.1) is 0 Å². The van der Waals surface area contributed by atoms with Gasteiger partial charge in [-0.05, 0) is 18.6 Å². The van der Waals surface area contributed by atoms with Crippen LogP contribution in [0.5, 0.6) is 0 Å². The molecule has 0 heterocycles. The van der Waals surface area contributed by atoms with Crippen LogP contribution >= 0.6 is 0 Å². The number of rotatable bonds is 5. The molecule has 13 heavy (non-hydrogen) atoms. The minimum Gasteiger partial charge on any atom is -0.379 e. The summed E-state index contributed by atoms with van der Waals surface area (Å²) >= 11 is 0. The summed E-state index contributed by atoms with van der Waals surface area (Å²) in [5.41, 5.74) is 1.12. The summed E-state index contributed by atoms with van der Waals surface area (Å²) in [4.78, 5) is 0. The second kappa shape index (κ2) is 5.20. The van der Waals surface area contributed by atoms with E-state index >= 15 is 0 Å². The molecule has 1 unspecified atom stereocenters. The van der Waals surface area contributed by atoms with Gasteiger partial charge in [-0.2, -0.15) is 0 Å². The first-order valence-electron chi connectivity index (χ1n) is 4.42. The third-order valence-corrected chi connectivity index (χ3v) is 1.83. The van der Waals surface area contributed by atoms with Crippen LogP contribution in [0.3, 0.4) is 0 Å². The smallest absolute Gasteiger partial charge is 0.0476 e. The minimum absolute atomic E-state index is 0.278. The fraction of sp³-hybridized carbons (Fsp3) is 0.167. The predicted molar refractivity (Wildman–Crippen MR) is 58.9 cm³/mol. The van der Waals surface area contributed by atoms with Crippen molar-refractivity contribution in [2.24, 2.45) is 0 Å². The zero-order chi connectivity index (χ0) is 9.52. The van der Waals surface area contributed by atoms with Crippen LogP contribution in [0.15, 0.2) is 55.6 Å². The number of para-hydroxylation sites is 1. The molecule has 0 saturated carbocycles. The Morgan fingerprint density at radius 2 is 1.92 bits per heavy atom. The predicted octanol–water partition coefficient (Wildman–Crippen LogP) is 3.23. The molecule has 0 radical (unpaired) electrons. The maximum Gasteiger partial charge on any atom is 0.0476 e. The Bertz CT molecular complexity index is 264. The van der Waals surface area contributed by atoms with E-state index in [2.05, 4.69) is 18.5 Å². The highest BCUT2D eigenvalue weighted by Gasteiger charge is 1.99. The zero-order valence-electron chi connectivity index (χ0n) is 7.74. The lowest BCUT2D eigenvalue weighted by molar-refractivity contribution is 0.897. The van der Waals surface area contributed by atoms with Crippen LogP contribution in [-0.2, 0) is 0 Å². The quantitative estimate of drug-likeness (QED) is 0.674. The van der Waals surface area contributed by atoms with Gasteiger partial charge in [-0.3, -0.25) is 0 Å². The molecule has 1 heteroatoms. The summed E-state index contributed by atoms with van der Waals surface area (Å²) in [6.45, 7) is 7.47. The van der Waals surface area contributed by atoms with Crippen molar-refractivity contribution in [2.75, 3.05) is 5.32 Å². The van der Waals surface area contributed by atoms with Gasteiger partial charge in [0, 0.05) is 11.7 Å². The average Bonchev–Trinajstić information content (AvgIpc) is 2.19. The third kappa shape index (κ3) is 3.16. The summed E-state index contributed by atoms with van der Waals surface area (Å²) in [5, 5.41) is 3.34. The summed E-state index contributed by atoms with van der Waals surface area (Å²) in [6.07, 6.45) is 4.69.